The monoisotopic (exact) mass is 527 g/mol. The third-order valence-corrected chi connectivity index (χ3v) is 5.85. The Morgan fingerprint density at radius 2 is 2.03 bits per heavy atom. The lowest BCUT2D eigenvalue weighted by molar-refractivity contribution is -0.165. The van der Waals surface area contributed by atoms with Gasteiger partial charge in [-0.3, -0.25) is 4.99 Å². The van der Waals surface area contributed by atoms with Gasteiger partial charge in [0.05, 0.1) is 24.6 Å². The molecule has 10 heteroatoms. The van der Waals surface area contributed by atoms with E-state index in [1.807, 2.05) is 25.3 Å². The Balaban J connectivity index is 1.54. The van der Waals surface area contributed by atoms with Gasteiger partial charge in [0.25, 0.3) is 0 Å². The third-order valence-electron chi connectivity index (χ3n) is 5.45. The molecule has 0 aliphatic carbocycles. The summed E-state index contributed by atoms with van der Waals surface area (Å²) < 4.78 is 43.4. The quantitative estimate of drug-likeness (QED) is 0.208. The van der Waals surface area contributed by atoms with Gasteiger partial charge in [-0.25, -0.2) is 4.39 Å². The average Bonchev–Trinajstić information content (AvgIpc) is 3.35. The number of hydrogen-bond donors (Lipinski definition) is 0. The molecule has 196 valence electrons. The Morgan fingerprint density at radius 3 is 2.70 bits per heavy atom. The van der Waals surface area contributed by atoms with E-state index in [1.54, 1.807) is 25.1 Å². The van der Waals surface area contributed by atoms with Crippen LogP contribution in [0.25, 0.3) is 11.4 Å². The maximum atomic E-state index is 15.6. The molecule has 1 saturated heterocycles. The fourth-order valence-electron chi connectivity index (χ4n) is 3.74. The van der Waals surface area contributed by atoms with Crippen LogP contribution in [-0.4, -0.2) is 54.8 Å². The fraction of sp³-hybridized carbons (Fsp3) is 0.407. The summed E-state index contributed by atoms with van der Waals surface area (Å²) in [5.41, 5.74) is 1.96. The van der Waals surface area contributed by atoms with Crippen molar-refractivity contribution < 1.29 is 27.9 Å². The first-order chi connectivity index (χ1) is 18.1. The molecule has 1 aliphatic rings. The van der Waals surface area contributed by atoms with Crippen LogP contribution in [0.15, 0.2) is 45.9 Å². The highest BCUT2D eigenvalue weighted by Crippen LogP contribution is 2.31. The van der Waals surface area contributed by atoms with Crippen molar-refractivity contribution in [2.24, 2.45) is 4.99 Å². The number of aliphatic imine (C=N–C) groups is 1. The summed E-state index contributed by atoms with van der Waals surface area (Å²) in [5.74, 6) is 4.05. The molecule has 1 aliphatic heterocycles. The van der Waals surface area contributed by atoms with Crippen molar-refractivity contribution in [1.82, 2.24) is 10.1 Å². The second-order valence-electron chi connectivity index (χ2n) is 8.18. The number of benzene rings is 2. The van der Waals surface area contributed by atoms with E-state index in [0.717, 1.165) is 24.8 Å². The summed E-state index contributed by atoms with van der Waals surface area (Å²) >= 11 is 1.30. The molecule has 37 heavy (non-hydrogen) atoms. The molecular formula is C27H30FN3O5S. The highest BCUT2D eigenvalue weighted by atomic mass is 32.2. The number of thioether (sulfide) groups is 1. The summed E-state index contributed by atoms with van der Waals surface area (Å²) in [6, 6.07) is 10.4. The van der Waals surface area contributed by atoms with E-state index in [2.05, 4.69) is 20.9 Å². The third kappa shape index (κ3) is 7.53. The van der Waals surface area contributed by atoms with E-state index in [9.17, 15) is 0 Å². The molecule has 1 atom stereocenters. The summed E-state index contributed by atoms with van der Waals surface area (Å²) in [5, 5.41) is 3.93. The van der Waals surface area contributed by atoms with Gasteiger partial charge >= 0.3 is 0 Å². The number of nitrogens with zero attached hydrogens (tertiary/aromatic N) is 3. The minimum absolute atomic E-state index is 0.0625. The number of aryl methyl sites for hydroxylation is 1. The molecule has 1 fully saturated rings. The van der Waals surface area contributed by atoms with Crippen LogP contribution in [0.1, 0.15) is 37.6 Å². The van der Waals surface area contributed by atoms with Crippen molar-refractivity contribution in [3.8, 4) is 22.9 Å². The number of aromatic nitrogens is 2. The summed E-state index contributed by atoms with van der Waals surface area (Å²) in [4.78, 5) is 8.88. The maximum absolute atomic E-state index is 15.6. The largest absolute Gasteiger partial charge is 0.494 e. The van der Waals surface area contributed by atoms with Crippen LogP contribution in [0.5, 0.6) is 11.5 Å². The van der Waals surface area contributed by atoms with Gasteiger partial charge in [-0.2, -0.15) is 4.98 Å². The Bertz CT molecular complexity index is 1180. The zero-order chi connectivity index (χ0) is 26.0. The van der Waals surface area contributed by atoms with E-state index in [0.29, 0.717) is 42.1 Å². The minimum Gasteiger partial charge on any atom is -0.494 e. The molecule has 1 aromatic heterocycles. The van der Waals surface area contributed by atoms with Gasteiger partial charge in [-0.15, -0.1) is 11.8 Å². The topological polar surface area (TPSA) is 88.2 Å². The predicted octanol–water partition coefficient (Wildman–Crippen LogP) is 6.03. The van der Waals surface area contributed by atoms with Crippen LogP contribution in [0, 0.1) is 18.5 Å². The van der Waals surface area contributed by atoms with Crippen LogP contribution < -0.4 is 9.47 Å². The Hall–Kier alpha value is -2.95. The Morgan fingerprint density at radius 1 is 1.19 bits per heavy atom. The zero-order valence-electron chi connectivity index (χ0n) is 21.2. The smallest absolute Gasteiger partial charge is 0.223 e. The van der Waals surface area contributed by atoms with Crippen LogP contribution in [-0.2, 0) is 9.47 Å². The van der Waals surface area contributed by atoms with Gasteiger partial charge in [0.1, 0.15) is 18.1 Å². The van der Waals surface area contributed by atoms with E-state index < -0.39 is 5.82 Å². The minimum atomic E-state index is -0.545. The molecular weight excluding hydrogens is 497 g/mol. The van der Waals surface area contributed by atoms with Crippen molar-refractivity contribution >= 4 is 23.2 Å². The van der Waals surface area contributed by atoms with E-state index >= 15 is 4.39 Å². The molecule has 0 spiro atoms. The summed E-state index contributed by atoms with van der Waals surface area (Å²) in [7, 11) is 0. The van der Waals surface area contributed by atoms with Gasteiger partial charge in [0, 0.05) is 30.7 Å². The number of rotatable bonds is 12. The summed E-state index contributed by atoms with van der Waals surface area (Å²) in [6.45, 7) is 5.18. The molecule has 2 aromatic carbocycles. The van der Waals surface area contributed by atoms with Crippen molar-refractivity contribution in [3.63, 3.8) is 0 Å². The first-order valence-electron chi connectivity index (χ1n) is 12.2. The van der Waals surface area contributed by atoms with Crippen LogP contribution in [0.3, 0.4) is 0 Å². The van der Waals surface area contributed by atoms with Crippen molar-refractivity contribution in [2.75, 3.05) is 32.7 Å². The molecule has 2 heterocycles. The van der Waals surface area contributed by atoms with Gasteiger partial charge in [0.2, 0.25) is 11.7 Å². The van der Waals surface area contributed by atoms with E-state index in [1.165, 1.54) is 17.8 Å². The average molecular weight is 528 g/mol. The lowest BCUT2D eigenvalue weighted by Gasteiger charge is -2.22. The lowest BCUT2D eigenvalue weighted by Crippen LogP contribution is -2.24. The van der Waals surface area contributed by atoms with Crippen LogP contribution >= 0.6 is 11.8 Å². The van der Waals surface area contributed by atoms with E-state index in [-0.39, 0.29) is 30.8 Å². The first-order valence-corrected chi connectivity index (χ1v) is 13.4. The van der Waals surface area contributed by atoms with Gasteiger partial charge < -0.3 is 23.5 Å². The Kier molecular flexibility index (Phi) is 9.92. The standard InChI is InChI=1S/C27H30FN3O5S/c1-4-32-21-15-22(26(28)24(16-21)33-13-14-35-25-7-5-6-12-34-25)23(17-37-3)30-20-10-8-19(9-11-20)27-29-18(2)36-31-27/h8-11,15-16,25H,4-7,12-14H2,1-3H3. The number of halogens is 1. The predicted molar refractivity (Wildman–Crippen MR) is 140 cm³/mol. The molecule has 0 N–H and O–H groups in total. The van der Waals surface area contributed by atoms with Gasteiger partial charge in [-0.1, -0.05) is 5.16 Å². The molecule has 8 nitrogen and oxygen atoms in total. The maximum Gasteiger partial charge on any atom is 0.223 e. The zero-order valence-corrected chi connectivity index (χ0v) is 22.0. The summed E-state index contributed by atoms with van der Waals surface area (Å²) in [6.07, 6.45) is 4.58. The highest BCUT2D eigenvalue weighted by molar-refractivity contribution is 8.01. The molecule has 0 bridgehead atoms. The highest BCUT2D eigenvalue weighted by Gasteiger charge is 2.19. The lowest BCUT2D eigenvalue weighted by atomic mass is 10.1. The van der Waals surface area contributed by atoms with Crippen LogP contribution in [0.4, 0.5) is 10.1 Å². The molecule has 0 amide bonds. The van der Waals surface area contributed by atoms with Crippen molar-refractivity contribution in [2.45, 2.75) is 39.4 Å². The molecule has 2 radical (unpaired) electrons. The molecule has 3 aromatic rings. The van der Waals surface area contributed by atoms with Crippen molar-refractivity contribution in [1.29, 1.82) is 0 Å². The second-order valence-corrected chi connectivity index (χ2v) is 8.79. The fourth-order valence-corrected chi connectivity index (χ4v) is 4.09. The molecule has 0 saturated carbocycles. The van der Waals surface area contributed by atoms with E-state index in [4.69, 9.17) is 23.5 Å². The molecule has 4 rings (SSSR count). The first kappa shape index (κ1) is 27.1. The second kappa shape index (κ2) is 13.6. The molecule has 1 unspecified atom stereocenters. The SMILES string of the molecule is CCOc1cc(OCCOC2CCCCO2)c(F)c(C([C]SC)=Nc2ccc(-c3noc(C)n3)cc2)c1. The normalized spacial score (nSPS) is 16.1. The van der Waals surface area contributed by atoms with Gasteiger partial charge in [0.15, 0.2) is 17.9 Å². The van der Waals surface area contributed by atoms with Crippen molar-refractivity contribution in [3.05, 3.63) is 59.4 Å². The number of hydrogen-bond acceptors (Lipinski definition) is 9. The van der Waals surface area contributed by atoms with Gasteiger partial charge in [-0.05, 0) is 62.8 Å². The Labute approximate surface area is 220 Å². The number of ether oxygens (including phenoxy) is 4. The van der Waals surface area contributed by atoms with Crippen LogP contribution in [0.2, 0.25) is 0 Å².